The molecule has 4 nitrogen and oxygen atoms in total. The van der Waals surface area contributed by atoms with Crippen LogP contribution >= 0.6 is 0 Å². The highest BCUT2D eigenvalue weighted by molar-refractivity contribution is 6.21. The lowest BCUT2D eigenvalue weighted by molar-refractivity contribution is 0.308. The zero-order valence-electron chi connectivity index (χ0n) is 24.4. The fraction of sp³-hybridized carbons (Fsp3) is 0.0244. The van der Waals surface area contributed by atoms with E-state index < -0.39 is 0 Å². The molecule has 2 heterocycles. The molecule has 0 unspecified atom stereocenters. The first-order valence-corrected chi connectivity index (χ1v) is 15.2. The van der Waals surface area contributed by atoms with E-state index in [0.29, 0.717) is 18.0 Å². The highest BCUT2D eigenvalue weighted by Crippen LogP contribution is 2.44. The highest BCUT2D eigenvalue weighted by Gasteiger charge is 2.20. The Balaban J connectivity index is 1.10. The van der Waals surface area contributed by atoms with Crippen LogP contribution in [0.5, 0.6) is 5.75 Å². The molecule has 0 saturated carbocycles. The number of fused-ring (bicyclic) bond motifs is 8. The predicted octanol–water partition coefficient (Wildman–Crippen LogP) is 10.7. The normalized spacial score (nSPS) is 11.7. The summed E-state index contributed by atoms with van der Waals surface area (Å²) >= 11 is 0. The molecule has 2 N–H and O–H groups in total. The summed E-state index contributed by atoms with van der Waals surface area (Å²) in [5.41, 5.74) is 15.5. The molecule has 7 aromatic carbocycles. The van der Waals surface area contributed by atoms with Crippen molar-refractivity contribution in [3.05, 3.63) is 151 Å². The Labute approximate surface area is 259 Å². The maximum atomic E-state index is 6.79. The van der Waals surface area contributed by atoms with E-state index in [-0.39, 0.29) is 0 Å². The number of rotatable bonds is 5. The van der Waals surface area contributed by atoms with Crippen molar-refractivity contribution < 1.29 is 9.15 Å². The summed E-state index contributed by atoms with van der Waals surface area (Å²) in [7, 11) is 0. The number of para-hydroxylation sites is 2. The second-order valence-electron chi connectivity index (χ2n) is 11.5. The van der Waals surface area contributed by atoms with E-state index in [1.54, 1.807) is 0 Å². The summed E-state index contributed by atoms with van der Waals surface area (Å²) in [6, 6.07) is 50.6. The van der Waals surface area contributed by atoms with Crippen LogP contribution in [0.1, 0.15) is 5.56 Å². The first-order chi connectivity index (χ1) is 22.2. The van der Waals surface area contributed by atoms with Gasteiger partial charge in [-0.25, -0.2) is 0 Å². The third kappa shape index (κ3) is 4.00. The molecule has 0 atom stereocenters. The molecule has 9 rings (SSSR count). The first-order valence-electron chi connectivity index (χ1n) is 15.2. The van der Waals surface area contributed by atoms with Crippen molar-refractivity contribution in [1.29, 1.82) is 0 Å². The molecule has 2 aromatic heterocycles. The second kappa shape index (κ2) is 10.0. The molecule has 214 valence electrons. The highest BCUT2D eigenvalue weighted by atomic mass is 16.5. The molecule has 0 aliphatic rings. The summed E-state index contributed by atoms with van der Waals surface area (Å²) in [5.74, 6) is 0.645. The van der Waals surface area contributed by atoms with Gasteiger partial charge in [-0.3, -0.25) is 0 Å². The van der Waals surface area contributed by atoms with E-state index >= 15 is 0 Å². The molecular formula is C41H28N2O2. The lowest BCUT2D eigenvalue weighted by Gasteiger charge is -2.14. The number of nitrogen functional groups attached to an aromatic ring is 1. The van der Waals surface area contributed by atoms with E-state index in [0.717, 1.165) is 44.3 Å². The monoisotopic (exact) mass is 580 g/mol. The van der Waals surface area contributed by atoms with Gasteiger partial charge in [0.15, 0.2) is 0 Å². The Hall–Kier alpha value is -6.00. The fourth-order valence-electron chi connectivity index (χ4n) is 6.77. The van der Waals surface area contributed by atoms with Gasteiger partial charge in [-0.1, -0.05) is 109 Å². The van der Waals surface area contributed by atoms with Gasteiger partial charge in [0.05, 0.1) is 22.1 Å². The van der Waals surface area contributed by atoms with Crippen molar-refractivity contribution in [2.75, 3.05) is 5.73 Å². The fourth-order valence-corrected chi connectivity index (χ4v) is 6.77. The van der Waals surface area contributed by atoms with Crippen molar-refractivity contribution >= 4 is 60.2 Å². The smallest absolute Gasteiger partial charge is 0.145 e. The van der Waals surface area contributed by atoms with E-state index in [1.807, 2.05) is 48.5 Å². The van der Waals surface area contributed by atoms with Crippen LogP contribution in [0.2, 0.25) is 0 Å². The number of anilines is 1. The Kier molecular flexibility index (Phi) is 5.69. The molecule has 4 heteroatoms. The van der Waals surface area contributed by atoms with Crippen LogP contribution < -0.4 is 10.5 Å². The Morgan fingerprint density at radius 3 is 2.16 bits per heavy atom. The van der Waals surface area contributed by atoms with E-state index in [4.69, 9.17) is 14.9 Å². The van der Waals surface area contributed by atoms with Gasteiger partial charge in [-0.15, -0.1) is 0 Å². The number of nitrogens with two attached hydrogens (primary N) is 1. The summed E-state index contributed by atoms with van der Waals surface area (Å²) in [4.78, 5) is 0. The topological polar surface area (TPSA) is 53.3 Å². The number of benzene rings is 7. The summed E-state index contributed by atoms with van der Waals surface area (Å²) < 4.78 is 15.1. The van der Waals surface area contributed by atoms with Crippen LogP contribution in [-0.4, -0.2) is 4.57 Å². The van der Waals surface area contributed by atoms with Gasteiger partial charge >= 0.3 is 0 Å². The average molecular weight is 581 g/mol. The van der Waals surface area contributed by atoms with Crippen LogP contribution in [0.15, 0.2) is 150 Å². The van der Waals surface area contributed by atoms with Gasteiger partial charge in [0.25, 0.3) is 0 Å². The van der Waals surface area contributed by atoms with Gasteiger partial charge < -0.3 is 19.5 Å². The van der Waals surface area contributed by atoms with Crippen LogP contribution in [0.3, 0.4) is 0 Å². The molecule has 0 fully saturated rings. The van der Waals surface area contributed by atoms with Crippen LogP contribution in [0.4, 0.5) is 5.69 Å². The minimum atomic E-state index is 0.387. The molecule has 0 radical (unpaired) electrons. The van der Waals surface area contributed by atoms with Gasteiger partial charge in [-0.2, -0.15) is 0 Å². The standard InChI is InChI=1S/C41H28N2O2/c42-40-37(24-33(27-10-2-1-3-11-27)41-39(40)32-15-7-9-17-36(32)45-41)44-25-26-18-21-29(22-19-26)43-34-16-8-6-14-31(34)38-30-13-5-4-12-28(30)20-23-35(38)43/h1-24H,25,42H2. The van der Waals surface area contributed by atoms with E-state index in [9.17, 15) is 0 Å². The predicted molar refractivity (Wildman–Crippen MR) is 186 cm³/mol. The van der Waals surface area contributed by atoms with Crippen molar-refractivity contribution in [3.8, 4) is 22.6 Å². The Morgan fingerprint density at radius 2 is 1.31 bits per heavy atom. The lowest BCUT2D eigenvalue weighted by atomic mass is 10.0. The number of hydrogen-bond acceptors (Lipinski definition) is 3. The zero-order chi connectivity index (χ0) is 29.9. The zero-order valence-corrected chi connectivity index (χ0v) is 24.4. The molecule has 0 aliphatic carbocycles. The second-order valence-corrected chi connectivity index (χ2v) is 11.5. The maximum absolute atomic E-state index is 6.79. The molecule has 45 heavy (non-hydrogen) atoms. The Bertz CT molecular complexity index is 2540. The van der Waals surface area contributed by atoms with Crippen molar-refractivity contribution in [3.63, 3.8) is 0 Å². The van der Waals surface area contributed by atoms with Crippen LogP contribution in [0, 0.1) is 0 Å². The van der Waals surface area contributed by atoms with Crippen molar-refractivity contribution in [2.45, 2.75) is 6.61 Å². The lowest BCUT2D eigenvalue weighted by Crippen LogP contribution is -2.01. The van der Waals surface area contributed by atoms with Crippen LogP contribution in [-0.2, 0) is 6.61 Å². The SMILES string of the molecule is Nc1c(OCc2ccc(-n3c4ccccc4c4c5ccccc5ccc43)cc2)cc(-c2ccccc2)c2oc3ccccc3c12. The molecule has 0 bridgehead atoms. The minimum absolute atomic E-state index is 0.387. The van der Waals surface area contributed by atoms with Gasteiger partial charge in [-0.05, 0) is 58.3 Å². The van der Waals surface area contributed by atoms with Crippen molar-refractivity contribution in [2.24, 2.45) is 0 Å². The molecular weight excluding hydrogens is 552 g/mol. The molecule has 0 saturated heterocycles. The molecule has 0 amide bonds. The minimum Gasteiger partial charge on any atom is -0.487 e. The summed E-state index contributed by atoms with van der Waals surface area (Å²) in [6.45, 7) is 0.387. The third-order valence-corrected chi connectivity index (χ3v) is 8.89. The molecule has 0 spiro atoms. The Morgan fingerprint density at radius 1 is 0.600 bits per heavy atom. The average Bonchev–Trinajstić information content (AvgIpc) is 3.66. The molecule has 0 aliphatic heterocycles. The van der Waals surface area contributed by atoms with E-state index in [1.165, 1.54) is 32.6 Å². The number of nitrogens with zero attached hydrogens (tertiary/aromatic N) is 1. The summed E-state index contributed by atoms with van der Waals surface area (Å²) in [6.07, 6.45) is 0. The van der Waals surface area contributed by atoms with Gasteiger partial charge in [0.2, 0.25) is 0 Å². The maximum Gasteiger partial charge on any atom is 0.145 e. The van der Waals surface area contributed by atoms with Crippen molar-refractivity contribution in [1.82, 2.24) is 4.57 Å². The number of ether oxygens (including phenoxy) is 1. The van der Waals surface area contributed by atoms with E-state index in [2.05, 4.69) is 102 Å². The van der Waals surface area contributed by atoms with Gasteiger partial charge in [0, 0.05) is 27.4 Å². The number of furan rings is 1. The van der Waals surface area contributed by atoms with Gasteiger partial charge in [0.1, 0.15) is 23.5 Å². The largest absolute Gasteiger partial charge is 0.487 e. The quantitative estimate of drug-likeness (QED) is 0.206. The first kappa shape index (κ1) is 25.5. The summed E-state index contributed by atoms with van der Waals surface area (Å²) in [5, 5.41) is 6.92. The number of hydrogen-bond donors (Lipinski definition) is 1. The number of aromatic nitrogens is 1. The third-order valence-electron chi connectivity index (χ3n) is 8.89. The molecule has 9 aromatic rings. The van der Waals surface area contributed by atoms with Crippen LogP contribution in [0.25, 0.3) is 71.3 Å².